The summed E-state index contributed by atoms with van der Waals surface area (Å²) in [5.74, 6) is 3.87. The van der Waals surface area contributed by atoms with E-state index in [0.717, 1.165) is 11.5 Å². The predicted octanol–water partition coefficient (Wildman–Crippen LogP) is 1.48. The third kappa shape index (κ3) is 1.35. The van der Waals surface area contributed by atoms with E-state index in [0.29, 0.717) is 5.92 Å². The minimum absolute atomic E-state index is 0.289. The van der Waals surface area contributed by atoms with Crippen molar-refractivity contribution in [1.82, 2.24) is 4.98 Å². The van der Waals surface area contributed by atoms with Crippen molar-refractivity contribution < 1.29 is 4.42 Å². The van der Waals surface area contributed by atoms with Crippen LogP contribution in [0.2, 0.25) is 0 Å². The fraction of sp³-hybridized carbons (Fsp3) is 0.571. The third-order valence-corrected chi connectivity index (χ3v) is 3.04. The van der Waals surface area contributed by atoms with Crippen LogP contribution >= 0.6 is 11.8 Å². The van der Waals surface area contributed by atoms with Gasteiger partial charge in [0, 0.05) is 11.7 Å². The first kappa shape index (κ1) is 7.03. The van der Waals surface area contributed by atoms with Gasteiger partial charge in [0.25, 0.3) is 6.01 Å². The molecule has 1 aliphatic heterocycles. The molecule has 0 saturated carbocycles. The maximum Gasteiger partial charge on any atom is 0.292 e. The highest BCUT2D eigenvalue weighted by atomic mass is 32.2. The van der Waals surface area contributed by atoms with Gasteiger partial charge in [-0.2, -0.15) is 11.8 Å². The Balaban J connectivity index is 2.15. The summed E-state index contributed by atoms with van der Waals surface area (Å²) in [6.07, 6.45) is 2.94. The van der Waals surface area contributed by atoms with Crippen molar-refractivity contribution in [3.8, 4) is 0 Å². The molecule has 2 heterocycles. The van der Waals surface area contributed by atoms with E-state index in [4.69, 9.17) is 10.2 Å². The van der Waals surface area contributed by atoms with E-state index in [1.165, 1.54) is 12.2 Å². The Labute approximate surface area is 69.4 Å². The summed E-state index contributed by atoms with van der Waals surface area (Å²) >= 11 is 1.96. The smallest absolute Gasteiger partial charge is 0.292 e. The molecule has 1 unspecified atom stereocenters. The molecule has 4 heteroatoms. The zero-order valence-electron chi connectivity index (χ0n) is 6.12. The Morgan fingerprint density at radius 3 is 3.18 bits per heavy atom. The summed E-state index contributed by atoms with van der Waals surface area (Å²) in [5, 5.41) is 0. The number of nitrogen functional groups attached to an aromatic ring is 1. The lowest BCUT2D eigenvalue weighted by atomic mass is 10.1. The molecule has 2 rings (SSSR count). The SMILES string of the molecule is Nc1ncc(C2CCSC2)o1. The lowest BCUT2D eigenvalue weighted by Crippen LogP contribution is -1.93. The summed E-state index contributed by atoms with van der Waals surface area (Å²) in [5.41, 5.74) is 5.36. The number of thioether (sulfide) groups is 1. The normalized spacial score (nSPS) is 24.2. The topological polar surface area (TPSA) is 52.0 Å². The van der Waals surface area contributed by atoms with Crippen molar-refractivity contribution >= 4 is 17.8 Å². The van der Waals surface area contributed by atoms with Gasteiger partial charge in [-0.1, -0.05) is 0 Å². The van der Waals surface area contributed by atoms with Crippen LogP contribution in [0.3, 0.4) is 0 Å². The molecule has 1 saturated heterocycles. The molecular formula is C7H10N2OS. The molecule has 0 amide bonds. The molecule has 0 aliphatic carbocycles. The lowest BCUT2D eigenvalue weighted by molar-refractivity contribution is 0.490. The van der Waals surface area contributed by atoms with E-state index in [2.05, 4.69) is 4.98 Å². The number of nitrogens with zero attached hydrogens (tertiary/aromatic N) is 1. The Hall–Kier alpha value is -0.640. The molecule has 1 atom stereocenters. The first-order chi connectivity index (χ1) is 5.36. The van der Waals surface area contributed by atoms with Gasteiger partial charge in [-0.15, -0.1) is 0 Å². The second-order valence-electron chi connectivity index (χ2n) is 2.66. The number of oxazole rings is 1. The highest BCUT2D eigenvalue weighted by Crippen LogP contribution is 2.32. The van der Waals surface area contributed by atoms with Gasteiger partial charge >= 0.3 is 0 Å². The molecule has 2 N–H and O–H groups in total. The summed E-state index contributed by atoms with van der Waals surface area (Å²) in [6.45, 7) is 0. The van der Waals surface area contributed by atoms with Gasteiger partial charge < -0.3 is 10.2 Å². The Bertz CT molecular complexity index is 242. The fourth-order valence-corrected chi connectivity index (χ4v) is 2.48. The molecule has 1 aromatic heterocycles. The third-order valence-electron chi connectivity index (χ3n) is 1.87. The summed E-state index contributed by atoms with van der Waals surface area (Å²) < 4.78 is 5.22. The molecule has 11 heavy (non-hydrogen) atoms. The summed E-state index contributed by atoms with van der Waals surface area (Å²) in [6, 6.07) is 0.289. The first-order valence-electron chi connectivity index (χ1n) is 3.65. The number of rotatable bonds is 1. The Morgan fingerprint density at radius 1 is 1.73 bits per heavy atom. The summed E-state index contributed by atoms with van der Waals surface area (Å²) in [4.78, 5) is 3.86. The van der Waals surface area contributed by atoms with Crippen molar-refractivity contribution in [2.75, 3.05) is 17.2 Å². The molecule has 0 spiro atoms. The van der Waals surface area contributed by atoms with Crippen LogP contribution in [-0.2, 0) is 0 Å². The van der Waals surface area contributed by atoms with Crippen LogP contribution in [0.15, 0.2) is 10.6 Å². The molecule has 1 aliphatic rings. The van der Waals surface area contributed by atoms with Crippen LogP contribution in [0.25, 0.3) is 0 Å². The van der Waals surface area contributed by atoms with E-state index in [-0.39, 0.29) is 6.01 Å². The van der Waals surface area contributed by atoms with E-state index < -0.39 is 0 Å². The van der Waals surface area contributed by atoms with Gasteiger partial charge in [0.15, 0.2) is 0 Å². The number of anilines is 1. The molecule has 1 aromatic rings. The van der Waals surface area contributed by atoms with Crippen molar-refractivity contribution in [3.63, 3.8) is 0 Å². The monoisotopic (exact) mass is 170 g/mol. The minimum Gasteiger partial charge on any atom is -0.429 e. The Kier molecular flexibility index (Phi) is 1.77. The van der Waals surface area contributed by atoms with Gasteiger partial charge in [0.1, 0.15) is 5.76 Å². The molecule has 0 aromatic carbocycles. The lowest BCUT2D eigenvalue weighted by Gasteiger charge is -2.00. The number of hydrogen-bond donors (Lipinski definition) is 1. The molecule has 1 fully saturated rings. The predicted molar refractivity (Wildman–Crippen MR) is 45.6 cm³/mol. The van der Waals surface area contributed by atoms with Gasteiger partial charge in [-0.25, -0.2) is 4.98 Å². The minimum atomic E-state index is 0.289. The molecule has 0 bridgehead atoms. The van der Waals surface area contributed by atoms with Gasteiger partial charge in [-0.05, 0) is 12.2 Å². The Morgan fingerprint density at radius 2 is 2.64 bits per heavy atom. The zero-order valence-corrected chi connectivity index (χ0v) is 6.93. The zero-order chi connectivity index (χ0) is 7.68. The van der Waals surface area contributed by atoms with Gasteiger partial charge in [0.2, 0.25) is 0 Å². The van der Waals surface area contributed by atoms with E-state index in [1.54, 1.807) is 6.20 Å². The average molecular weight is 170 g/mol. The van der Waals surface area contributed by atoms with Crippen molar-refractivity contribution in [3.05, 3.63) is 12.0 Å². The van der Waals surface area contributed by atoms with Crippen molar-refractivity contribution in [1.29, 1.82) is 0 Å². The van der Waals surface area contributed by atoms with Crippen LogP contribution in [0.5, 0.6) is 0 Å². The van der Waals surface area contributed by atoms with Crippen molar-refractivity contribution in [2.24, 2.45) is 0 Å². The molecular weight excluding hydrogens is 160 g/mol. The number of hydrogen-bond acceptors (Lipinski definition) is 4. The average Bonchev–Trinajstić information content (AvgIpc) is 2.55. The van der Waals surface area contributed by atoms with E-state index in [9.17, 15) is 0 Å². The second kappa shape index (κ2) is 2.77. The van der Waals surface area contributed by atoms with Crippen LogP contribution in [0.1, 0.15) is 18.1 Å². The summed E-state index contributed by atoms with van der Waals surface area (Å²) in [7, 11) is 0. The molecule has 0 radical (unpaired) electrons. The van der Waals surface area contributed by atoms with Crippen LogP contribution < -0.4 is 5.73 Å². The highest BCUT2D eigenvalue weighted by Gasteiger charge is 2.20. The number of nitrogens with two attached hydrogens (primary N) is 1. The van der Waals surface area contributed by atoms with E-state index in [1.807, 2.05) is 11.8 Å². The quantitative estimate of drug-likeness (QED) is 0.693. The van der Waals surface area contributed by atoms with Crippen LogP contribution in [0.4, 0.5) is 6.01 Å². The first-order valence-corrected chi connectivity index (χ1v) is 4.80. The van der Waals surface area contributed by atoms with Crippen LogP contribution in [0, 0.1) is 0 Å². The van der Waals surface area contributed by atoms with Crippen LogP contribution in [-0.4, -0.2) is 16.5 Å². The maximum atomic E-state index is 5.36. The highest BCUT2D eigenvalue weighted by molar-refractivity contribution is 7.99. The van der Waals surface area contributed by atoms with Gasteiger partial charge in [0.05, 0.1) is 6.20 Å². The van der Waals surface area contributed by atoms with E-state index >= 15 is 0 Å². The van der Waals surface area contributed by atoms with Gasteiger partial charge in [-0.3, -0.25) is 0 Å². The largest absolute Gasteiger partial charge is 0.429 e. The van der Waals surface area contributed by atoms with Crippen molar-refractivity contribution in [2.45, 2.75) is 12.3 Å². The number of aromatic nitrogens is 1. The molecule has 3 nitrogen and oxygen atoms in total. The fourth-order valence-electron chi connectivity index (χ4n) is 1.25. The second-order valence-corrected chi connectivity index (χ2v) is 3.81. The molecule has 60 valence electrons. The maximum absolute atomic E-state index is 5.36. The standard InChI is InChI=1S/C7H10N2OS/c8-7-9-3-6(10-7)5-1-2-11-4-5/h3,5H,1-2,4H2,(H2,8,9).